The molecule has 3 aliphatic rings. The molecule has 0 radical (unpaired) electrons. The van der Waals surface area contributed by atoms with E-state index in [9.17, 15) is 19.5 Å². The topological polar surface area (TPSA) is 95.5 Å². The molecule has 1 aromatic heterocycles. The van der Waals surface area contributed by atoms with Crippen LogP contribution in [0.1, 0.15) is 84.8 Å². The summed E-state index contributed by atoms with van der Waals surface area (Å²) >= 11 is 1.52. The van der Waals surface area contributed by atoms with Crippen molar-refractivity contribution in [2.24, 2.45) is 35.0 Å². The summed E-state index contributed by atoms with van der Waals surface area (Å²) in [5, 5.41) is 16.6. The van der Waals surface area contributed by atoms with Gasteiger partial charge < -0.3 is 15.7 Å². The first-order chi connectivity index (χ1) is 18.1. The number of carbonyl (C=O) groups excluding carboxylic acids is 2. The molecule has 0 saturated heterocycles. The number of carboxylic acid groups (broad SMARTS) is 1. The van der Waals surface area contributed by atoms with E-state index in [0.29, 0.717) is 23.0 Å². The molecular formula is C31H40N2O4S. The van der Waals surface area contributed by atoms with Crippen molar-refractivity contribution in [2.75, 3.05) is 5.32 Å². The maximum Gasteiger partial charge on any atom is 0.307 e. The molecule has 0 spiro atoms. The second-order valence-electron chi connectivity index (χ2n) is 12.4. The number of thiophene rings is 1. The molecule has 2 bridgehead atoms. The Morgan fingerprint density at radius 1 is 1.05 bits per heavy atom. The standard InChI is InChI=1S/C31H40N2O4S/c1-5-31(3,4)21-12-13-22-23(15-21)38-29(26(22)27(34)32-16-18-8-6-17(2)7-9-18)33-28(35)24-19-10-11-20(14-19)25(24)30(36)37/h6-9,19-21,24-25H,5,10-16H2,1-4H3,(H,32,34)(H,33,35)(H,36,37)/t19-,20+,21+,24-,25+/m1/s1. The number of aliphatic carboxylic acids is 1. The zero-order chi connectivity index (χ0) is 27.2. The Morgan fingerprint density at radius 3 is 2.39 bits per heavy atom. The van der Waals surface area contributed by atoms with Crippen molar-refractivity contribution in [1.29, 1.82) is 0 Å². The molecule has 0 aliphatic heterocycles. The van der Waals surface area contributed by atoms with Crippen molar-refractivity contribution >= 4 is 34.1 Å². The number of fused-ring (bicyclic) bond motifs is 3. The van der Waals surface area contributed by atoms with Gasteiger partial charge in [-0.25, -0.2) is 0 Å². The van der Waals surface area contributed by atoms with E-state index in [1.807, 2.05) is 31.2 Å². The van der Waals surface area contributed by atoms with Crippen LogP contribution in [0.3, 0.4) is 0 Å². The van der Waals surface area contributed by atoms with Crippen LogP contribution in [0.25, 0.3) is 0 Å². The number of rotatable bonds is 8. The molecule has 3 aliphatic carbocycles. The summed E-state index contributed by atoms with van der Waals surface area (Å²) in [5.74, 6) is -1.72. The number of amides is 2. The van der Waals surface area contributed by atoms with Crippen molar-refractivity contribution in [3.05, 3.63) is 51.4 Å². The minimum Gasteiger partial charge on any atom is -0.481 e. The van der Waals surface area contributed by atoms with Crippen molar-refractivity contribution in [3.63, 3.8) is 0 Å². The number of hydrogen-bond donors (Lipinski definition) is 3. The zero-order valence-corrected chi connectivity index (χ0v) is 23.7. The normalized spacial score (nSPS) is 26.2. The Kier molecular flexibility index (Phi) is 7.42. The predicted octanol–water partition coefficient (Wildman–Crippen LogP) is 6.21. The lowest BCUT2D eigenvalue weighted by Gasteiger charge is -2.36. The third-order valence-corrected chi connectivity index (χ3v) is 11.0. The van der Waals surface area contributed by atoms with E-state index < -0.39 is 17.8 Å². The van der Waals surface area contributed by atoms with Gasteiger partial charge in [-0.2, -0.15) is 0 Å². The number of benzene rings is 1. The van der Waals surface area contributed by atoms with Crippen LogP contribution in [0.15, 0.2) is 24.3 Å². The molecule has 3 N–H and O–H groups in total. The summed E-state index contributed by atoms with van der Waals surface area (Å²) < 4.78 is 0. The van der Waals surface area contributed by atoms with E-state index in [0.717, 1.165) is 56.1 Å². The Morgan fingerprint density at radius 2 is 1.74 bits per heavy atom. The van der Waals surface area contributed by atoms with Gasteiger partial charge in [0.25, 0.3) is 5.91 Å². The first kappa shape index (κ1) is 26.9. The first-order valence-corrected chi connectivity index (χ1v) is 14.9. The van der Waals surface area contributed by atoms with Crippen LogP contribution in [-0.4, -0.2) is 22.9 Å². The van der Waals surface area contributed by atoms with Crippen LogP contribution in [0.4, 0.5) is 5.00 Å². The third kappa shape index (κ3) is 5.02. The Balaban J connectivity index is 1.42. The maximum atomic E-state index is 13.6. The third-order valence-electron chi connectivity index (χ3n) is 9.82. The number of anilines is 1. The fourth-order valence-electron chi connectivity index (χ4n) is 7.07. The Bertz CT molecular complexity index is 1230. The lowest BCUT2D eigenvalue weighted by Crippen LogP contribution is -2.38. The monoisotopic (exact) mass is 536 g/mol. The van der Waals surface area contributed by atoms with Gasteiger partial charge in [-0.3, -0.25) is 14.4 Å². The summed E-state index contributed by atoms with van der Waals surface area (Å²) in [4.78, 5) is 40.4. The van der Waals surface area contributed by atoms with Gasteiger partial charge in [-0.1, -0.05) is 57.0 Å². The van der Waals surface area contributed by atoms with Crippen molar-refractivity contribution in [2.45, 2.75) is 79.2 Å². The van der Waals surface area contributed by atoms with Crippen LogP contribution in [-0.2, 0) is 29.0 Å². The Hall–Kier alpha value is -2.67. The quantitative estimate of drug-likeness (QED) is 0.374. The molecule has 2 aromatic rings. The highest BCUT2D eigenvalue weighted by Crippen LogP contribution is 2.53. The second kappa shape index (κ2) is 10.5. The molecule has 2 saturated carbocycles. The number of carbonyl (C=O) groups is 3. The second-order valence-corrected chi connectivity index (χ2v) is 13.5. The molecule has 1 aromatic carbocycles. The molecular weight excluding hydrogens is 496 g/mol. The molecule has 0 unspecified atom stereocenters. The average molecular weight is 537 g/mol. The van der Waals surface area contributed by atoms with Crippen LogP contribution in [0, 0.1) is 41.9 Å². The molecule has 1 heterocycles. The number of nitrogens with one attached hydrogen (secondary N) is 2. The van der Waals surface area contributed by atoms with Crippen molar-refractivity contribution in [1.82, 2.24) is 5.32 Å². The van der Waals surface area contributed by atoms with E-state index in [2.05, 4.69) is 31.4 Å². The number of hydrogen-bond acceptors (Lipinski definition) is 4. The first-order valence-electron chi connectivity index (χ1n) is 14.1. The highest BCUT2D eigenvalue weighted by molar-refractivity contribution is 7.17. The summed E-state index contributed by atoms with van der Waals surface area (Å²) in [6.45, 7) is 9.31. The number of carboxylic acids is 1. The summed E-state index contributed by atoms with van der Waals surface area (Å²) in [6.07, 6.45) is 6.44. The van der Waals surface area contributed by atoms with Gasteiger partial charge in [-0.05, 0) is 79.7 Å². The van der Waals surface area contributed by atoms with Gasteiger partial charge >= 0.3 is 5.97 Å². The highest BCUT2D eigenvalue weighted by Gasteiger charge is 2.54. The lowest BCUT2D eigenvalue weighted by atomic mass is 9.69. The SMILES string of the molecule is CCC(C)(C)[C@H]1CCc2c(sc(NC(=O)[C@@H]3[C@@H]4CC[C@@H](C4)[C@@H]3C(=O)O)c2C(=O)NCc2ccc(C)cc2)C1. The van der Waals surface area contributed by atoms with Gasteiger partial charge in [-0.15, -0.1) is 11.3 Å². The molecule has 204 valence electrons. The summed E-state index contributed by atoms with van der Waals surface area (Å²) in [7, 11) is 0. The largest absolute Gasteiger partial charge is 0.481 e. The minimum atomic E-state index is -0.872. The van der Waals surface area contributed by atoms with Gasteiger partial charge in [0.1, 0.15) is 5.00 Å². The fourth-order valence-corrected chi connectivity index (χ4v) is 8.39. The predicted molar refractivity (Wildman–Crippen MR) is 150 cm³/mol. The average Bonchev–Trinajstić information content (AvgIpc) is 3.60. The van der Waals surface area contributed by atoms with E-state index in [1.54, 1.807) is 0 Å². The Labute approximate surface area is 229 Å². The molecule has 2 amide bonds. The van der Waals surface area contributed by atoms with Gasteiger partial charge in [0.15, 0.2) is 0 Å². The number of aryl methyl sites for hydroxylation is 1. The maximum absolute atomic E-state index is 13.6. The van der Waals surface area contributed by atoms with Gasteiger partial charge in [0.05, 0.1) is 17.4 Å². The van der Waals surface area contributed by atoms with Gasteiger partial charge in [0.2, 0.25) is 5.91 Å². The van der Waals surface area contributed by atoms with E-state index in [1.165, 1.54) is 21.8 Å². The smallest absolute Gasteiger partial charge is 0.307 e. The van der Waals surface area contributed by atoms with E-state index >= 15 is 0 Å². The molecule has 2 fully saturated rings. The fraction of sp³-hybridized carbons (Fsp3) is 0.581. The van der Waals surface area contributed by atoms with Crippen LogP contribution < -0.4 is 10.6 Å². The lowest BCUT2D eigenvalue weighted by molar-refractivity contribution is -0.148. The van der Waals surface area contributed by atoms with Crippen LogP contribution >= 0.6 is 11.3 Å². The molecule has 38 heavy (non-hydrogen) atoms. The van der Waals surface area contributed by atoms with Gasteiger partial charge in [0, 0.05) is 11.4 Å². The van der Waals surface area contributed by atoms with Crippen molar-refractivity contribution < 1.29 is 19.5 Å². The zero-order valence-electron chi connectivity index (χ0n) is 22.9. The van der Waals surface area contributed by atoms with Crippen LogP contribution in [0.5, 0.6) is 0 Å². The van der Waals surface area contributed by atoms with E-state index in [-0.39, 0.29) is 29.1 Å². The highest BCUT2D eigenvalue weighted by atomic mass is 32.1. The minimum absolute atomic E-state index is 0.0825. The molecule has 5 atom stereocenters. The summed E-state index contributed by atoms with van der Waals surface area (Å²) in [6, 6.07) is 8.09. The molecule has 5 rings (SSSR count). The van der Waals surface area contributed by atoms with Crippen LogP contribution in [0.2, 0.25) is 0 Å². The van der Waals surface area contributed by atoms with E-state index in [4.69, 9.17) is 0 Å². The summed E-state index contributed by atoms with van der Waals surface area (Å²) in [5.41, 5.74) is 4.03. The molecule has 6 nitrogen and oxygen atoms in total. The molecule has 7 heteroatoms. The van der Waals surface area contributed by atoms with Crippen molar-refractivity contribution in [3.8, 4) is 0 Å².